The number of ether oxygens (including phenoxy) is 1. The van der Waals surface area contributed by atoms with E-state index < -0.39 is 0 Å². The van der Waals surface area contributed by atoms with Gasteiger partial charge >= 0.3 is 6.09 Å². The van der Waals surface area contributed by atoms with Crippen molar-refractivity contribution in [3.63, 3.8) is 0 Å². The summed E-state index contributed by atoms with van der Waals surface area (Å²) in [6.07, 6.45) is 0.920. The summed E-state index contributed by atoms with van der Waals surface area (Å²) < 4.78 is 5.34. The number of hydrogen-bond donors (Lipinski definition) is 1. The van der Waals surface area contributed by atoms with E-state index in [0.29, 0.717) is 12.0 Å². The van der Waals surface area contributed by atoms with Crippen LogP contribution in [0.1, 0.15) is 12.0 Å². The minimum absolute atomic E-state index is 0. The summed E-state index contributed by atoms with van der Waals surface area (Å²) >= 11 is 0. The molecule has 0 bridgehead atoms. The first-order chi connectivity index (χ1) is 8.77. The molecule has 0 atom stereocenters. The first kappa shape index (κ1) is 14.2. The van der Waals surface area contributed by atoms with Crippen LogP contribution in [0.5, 0.6) is 0 Å². The molecule has 1 N–H and O–H groups in total. The highest BCUT2D eigenvalue weighted by Crippen LogP contribution is 2.34. The molecule has 2 fully saturated rings. The third-order valence-electron chi connectivity index (χ3n) is 3.90. The highest BCUT2D eigenvalue weighted by Gasteiger charge is 2.44. The van der Waals surface area contributed by atoms with E-state index in [4.69, 9.17) is 4.74 Å². The molecule has 1 amide bonds. The van der Waals surface area contributed by atoms with Gasteiger partial charge in [-0.1, -0.05) is 30.3 Å². The summed E-state index contributed by atoms with van der Waals surface area (Å²) in [5, 5.41) is 3.28. The van der Waals surface area contributed by atoms with E-state index in [1.165, 1.54) is 0 Å². The van der Waals surface area contributed by atoms with Crippen molar-refractivity contribution in [2.45, 2.75) is 13.0 Å². The number of carbonyl (C=O) groups is 1. The molecule has 0 aliphatic carbocycles. The number of nitrogens with zero attached hydrogens (tertiary/aromatic N) is 1. The lowest BCUT2D eigenvalue weighted by atomic mass is 9.81. The lowest BCUT2D eigenvalue weighted by molar-refractivity contribution is 0.0940. The van der Waals surface area contributed by atoms with Gasteiger partial charge in [0, 0.05) is 31.6 Å². The van der Waals surface area contributed by atoms with Crippen LogP contribution < -0.4 is 5.32 Å². The minimum Gasteiger partial charge on any atom is -0.445 e. The predicted molar refractivity (Wildman–Crippen MR) is 75.4 cm³/mol. The van der Waals surface area contributed by atoms with Gasteiger partial charge in [-0.3, -0.25) is 0 Å². The molecule has 3 rings (SSSR count). The Morgan fingerprint density at radius 3 is 2.63 bits per heavy atom. The largest absolute Gasteiger partial charge is 0.445 e. The summed E-state index contributed by atoms with van der Waals surface area (Å²) in [6, 6.07) is 9.80. The van der Waals surface area contributed by atoms with Crippen LogP contribution in [-0.2, 0) is 11.3 Å². The van der Waals surface area contributed by atoms with E-state index in [2.05, 4.69) is 5.32 Å². The van der Waals surface area contributed by atoms with Gasteiger partial charge in [0.15, 0.2) is 0 Å². The van der Waals surface area contributed by atoms with Crippen LogP contribution in [0.3, 0.4) is 0 Å². The Bertz CT molecular complexity index is 434. The molecule has 0 aromatic heterocycles. The molecule has 4 nitrogen and oxygen atoms in total. The average molecular weight is 283 g/mol. The number of benzene rings is 1. The van der Waals surface area contributed by atoms with Gasteiger partial charge in [-0.15, -0.1) is 12.4 Å². The maximum absolute atomic E-state index is 11.9. The lowest BCUT2D eigenvalue weighted by Crippen LogP contribution is -2.55. The second kappa shape index (κ2) is 5.80. The standard InChI is InChI=1S/C14H18N2O2.ClH/c17-13(18-8-12-4-2-1-3-5-12)16-7-6-14(11-16)9-15-10-14;/h1-5,15H,6-11H2;1H. The second-order valence-electron chi connectivity index (χ2n) is 5.32. The molecular formula is C14H19ClN2O2. The maximum Gasteiger partial charge on any atom is 0.410 e. The van der Waals surface area contributed by atoms with E-state index in [1.807, 2.05) is 35.2 Å². The van der Waals surface area contributed by atoms with Crippen LogP contribution in [-0.4, -0.2) is 37.2 Å². The number of hydrogen-bond acceptors (Lipinski definition) is 3. The van der Waals surface area contributed by atoms with Gasteiger partial charge in [0.2, 0.25) is 0 Å². The molecular weight excluding hydrogens is 264 g/mol. The number of likely N-dealkylation sites (tertiary alicyclic amines) is 1. The zero-order chi connectivity index (χ0) is 12.4. The fourth-order valence-electron chi connectivity index (χ4n) is 2.67. The maximum atomic E-state index is 11.9. The molecule has 0 radical (unpaired) electrons. The van der Waals surface area contributed by atoms with Crippen molar-refractivity contribution in [1.29, 1.82) is 0 Å². The highest BCUT2D eigenvalue weighted by molar-refractivity contribution is 5.85. The van der Waals surface area contributed by atoms with Crippen molar-refractivity contribution in [1.82, 2.24) is 10.2 Å². The van der Waals surface area contributed by atoms with E-state index in [0.717, 1.165) is 38.2 Å². The number of amides is 1. The van der Waals surface area contributed by atoms with Gasteiger partial charge in [-0.25, -0.2) is 4.79 Å². The van der Waals surface area contributed by atoms with Crippen molar-refractivity contribution in [3.8, 4) is 0 Å². The number of nitrogens with one attached hydrogen (secondary N) is 1. The molecule has 2 saturated heterocycles. The highest BCUT2D eigenvalue weighted by atomic mass is 35.5. The van der Waals surface area contributed by atoms with Gasteiger partial charge < -0.3 is 15.0 Å². The number of halogens is 1. The Morgan fingerprint density at radius 2 is 2.05 bits per heavy atom. The van der Waals surface area contributed by atoms with Crippen molar-refractivity contribution in [3.05, 3.63) is 35.9 Å². The second-order valence-corrected chi connectivity index (χ2v) is 5.32. The summed E-state index contributed by atoms with van der Waals surface area (Å²) in [7, 11) is 0. The molecule has 5 heteroatoms. The SMILES string of the molecule is Cl.O=C(OCc1ccccc1)N1CCC2(CNC2)C1. The van der Waals surface area contributed by atoms with E-state index in [1.54, 1.807) is 0 Å². The fourth-order valence-corrected chi connectivity index (χ4v) is 2.67. The summed E-state index contributed by atoms with van der Waals surface area (Å²) in [6.45, 7) is 4.11. The molecule has 2 heterocycles. The molecule has 104 valence electrons. The smallest absolute Gasteiger partial charge is 0.410 e. The Hall–Kier alpha value is -1.26. The molecule has 2 aliphatic rings. The summed E-state index contributed by atoms with van der Waals surface area (Å²) in [4.78, 5) is 13.8. The molecule has 19 heavy (non-hydrogen) atoms. The Morgan fingerprint density at radius 1 is 1.32 bits per heavy atom. The minimum atomic E-state index is -0.178. The summed E-state index contributed by atoms with van der Waals surface area (Å²) in [5.74, 6) is 0. The van der Waals surface area contributed by atoms with Gasteiger partial charge in [-0.2, -0.15) is 0 Å². The zero-order valence-electron chi connectivity index (χ0n) is 10.8. The van der Waals surface area contributed by atoms with Crippen molar-refractivity contribution in [2.75, 3.05) is 26.2 Å². The summed E-state index contributed by atoms with van der Waals surface area (Å²) in [5.41, 5.74) is 1.37. The quantitative estimate of drug-likeness (QED) is 0.903. The third kappa shape index (κ3) is 3.01. The first-order valence-corrected chi connectivity index (χ1v) is 6.44. The zero-order valence-corrected chi connectivity index (χ0v) is 11.6. The first-order valence-electron chi connectivity index (χ1n) is 6.44. The molecule has 2 aliphatic heterocycles. The van der Waals surface area contributed by atoms with Gasteiger partial charge in [0.25, 0.3) is 0 Å². The van der Waals surface area contributed by atoms with Crippen molar-refractivity contribution < 1.29 is 9.53 Å². The van der Waals surface area contributed by atoms with Crippen LogP contribution >= 0.6 is 12.4 Å². The Kier molecular flexibility index (Phi) is 4.32. The number of rotatable bonds is 2. The Labute approximate surface area is 119 Å². The van der Waals surface area contributed by atoms with Crippen molar-refractivity contribution >= 4 is 18.5 Å². The molecule has 1 aromatic carbocycles. The van der Waals surface area contributed by atoms with E-state index in [9.17, 15) is 4.79 Å². The average Bonchev–Trinajstić information content (AvgIpc) is 2.82. The predicted octanol–water partition coefficient (Wildman–Crippen LogP) is 2.04. The van der Waals surface area contributed by atoms with Crippen LogP contribution in [0.2, 0.25) is 0 Å². The topological polar surface area (TPSA) is 41.6 Å². The molecule has 1 aromatic rings. The van der Waals surface area contributed by atoms with Crippen LogP contribution in [0, 0.1) is 5.41 Å². The van der Waals surface area contributed by atoms with Gasteiger partial charge in [0.1, 0.15) is 6.61 Å². The van der Waals surface area contributed by atoms with Gasteiger partial charge in [0.05, 0.1) is 0 Å². The molecule has 0 unspecified atom stereocenters. The Balaban J connectivity index is 0.00000133. The third-order valence-corrected chi connectivity index (χ3v) is 3.90. The normalized spacial score (nSPS) is 19.7. The fraction of sp³-hybridized carbons (Fsp3) is 0.500. The van der Waals surface area contributed by atoms with Crippen LogP contribution in [0.25, 0.3) is 0 Å². The van der Waals surface area contributed by atoms with E-state index in [-0.39, 0.29) is 18.5 Å². The van der Waals surface area contributed by atoms with Crippen molar-refractivity contribution in [2.24, 2.45) is 5.41 Å². The van der Waals surface area contributed by atoms with Crippen LogP contribution in [0.4, 0.5) is 4.79 Å². The van der Waals surface area contributed by atoms with E-state index >= 15 is 0 Å². The van der Waals surface area contributed by atoms with Crippen LogP contribution in [0.15, 0.2) is 30.3 Å². The lowest BCUT2D eigenvalue weighted by Gasteiger charge is -2.38. The number of carbonyl (C=O) groups excluding carboxylic acids is 1. The van der Waals surface area contributed by atoms with Gasteiger partial charge in [-0.05, 0) is 12.0 Å². The molecule has 1 spiro atoms. The molecule has 0 saturated carbocycles. The monoisotopic (exact) mass is 282 g/mol.